The van der Waals surface area contributed by atoms with E-state index in [1.807, 2.05) is 17.6 Å². The lowest BCUT2D eigenvalue weighted by Crippen LogP contribution is -2.74. The van der Waals surface area contributed by atoms with Crippen LogP contribution in [0.1, 0.15) is 63.4 Å². The van der Waals surface area contributed by atoms with E-state index in [0.717, 1.165) is 17.7 Å². The van der Waals surface area contributed by atoms with Gasteiger partial charge in [0.15, 0.2) is 0 Å². The summed E-state index contributed by atoms with van der Waals surface area (Å²) < 4.78 is 1.85. The predicted molar refractivity (Wildman–Crippen MR) is 119 cm³/mol. The lowest BCUT2D eigenvalue weighted by Gasteiger charge is -2.66. The molecule has 7 nitrogen and oxygen atoms in total. The van der Waals surface area contributed by atoms with Crippen molar-refractivity contribution in [1.82, 2.24) is 9.88 Å². The van der Waals surface area contributed by atoms with Crippen LogP contribution in [0.2, 0.25) is 5.02 Å². The van der Waals surface area contributed by atoms with Gasteiger partial charge in [0, 0.05) is 28.5 Å². The molecule has 3 aliphatic carbocycles. The maximum atomic E-state index is 13.1. The van der Waals surface area contributed by atoms with Crippen LogP contribution in [0.3, 0.4) is 0 Å². The minimum absolute atomic E-state index is 0.312. The molecule has 3 saturated carbocycles. The highest BCUT2D eigenvalue weighted by Crippen LogP contribution is 2.66. The number of nitrogens with zero attached hydrogens (tertiary/aromatic N) is 2. The lowest BCUT2D eigenvalue weighted by molar-refractivity contribution is -0.140. The van der Waals surface area contributed by atoms with E-state index >= 15 is 0 Å². The number of carbonyl (C=O) groups excluding carboxylic acids is 3. The van der Waals surface area contributed by atoms with Gasteiger partial charge in [-0.05, 0) is 69.2 Å². The fourth-order valence-corrected chi connectivity index (χ4v) is 5.80. The summed E-state index contributed by atoms with van der Waals surface area (Å²) in [6, 6.07) is 7.59. The first-order valence-corrected chi connectivity index (χ1v) is 11.1. The van der Waals surface area contributed by atoms with Crippen LogP contribution in [0.4, 0.5) is 5.69 Å². The Morgan fingerprint density at radius 2 is 1.91 bits per heavy atom. The van der Waals surface area contributed by atoms with E-state index in [2.05, 4.69) is 16.7 Å². The van der Waals surface area contributed by atoms with Crippen LogP contribution < -0.4 is 10.6 Å². The second-order valence-electron chi connectivity index (χ2n) is 9.45. The zero-order valence-electron chi connectivity index (χ0n) is 18.0. The molecule has 2 aromatic rings. The summed E-state index contributed by atoms with van der Waals surface area (Å²) in [4.78, 5) is 39.1. The van der Waals surface area contributed by atoms with Crippen LogP contribution in [-0.2, 0) is 17.8 Å². The van der Waals surface area contributed by atoms with E-state index in [0.29, 0.717) is 59.8 Å². The van der Waals surface area contributed by atoms with Crippen molar-refractivity contribution in [3.8, 4) is 6.07 Å². The molecule has 0 atom stereocenters. The average Bonchev–Trinajstić information content (AvgIpc) is 3.25. The highest BCUT2D eigenvalue weighted by molar-refractivity contribution is 6.44. The van der Waals surface area contributed by atoms with Crippen molar-refractivity contribution in [2.75, 3.05) is 5.32 Å². The first-order valence-electron chi connectivity index (χ1n) is 10.8. The molecule has 2 N–H and O–H groups in total. The van der Waals surface area contributed by atoms with E-state index in [1.165, 1.54) is 0 Å². The molecule has 8 heteroatoms. The number of Topliss-reactive ketones (excluding diaryl/α,β-unsaturated/α-hetero) is 1. The largest absolute Gasteiger partial charge is 0.344 e. The Morgan fingerprint density at radius 1 is 1.19 bits per heavy atom. The number of amides is 2. The number of hydrogen-bond acceptors (Lipinski definition) is 4. The normalized spacial score (nSPS) is 24.6. The second kappa shape index (κ2) is 6.94. The van der Waals surface area contributed by atoms with Gasteiger partial charge < -0.3 is 15.2 Å². The van der Waals surface area contributed by atoms with Gasteiger partial charge in [0.25, 0.3) is 17.6 Å². The maximum absolute atomic E-state index is 13.1. The number of anilines is 1. The molecular formula is C24H23ClN4O3. The van der Waals surface area contributed by atoms with Gasteiger partial charge in [-0.1, -0.05) is 17.7 Å². The number of carbonyl (C=O) groups is 3. The van der Waals surface area contributed by atoms with Gasteiger partial charge in [-0.3, -0.25) is 14.4 Å². The van der Waals surface area contributed by atoms with Crippen LogP contribution in [-0.4, -0.2) is 27.7 Å². The fourth-order valence-electron chi connectivity index (χ4n) is 5.62. The van der Waals surface area contributed by atoms with E-state index < -0.39 is 17.2 Å². The highest BCUT2D eigenvalue weighted by Gasteiger charge is 2.69. The quantitative estimate of drug-likeness (QED) is 0.535. The van der Waals surface area contributed by atoms with Crippen molar-refractivity contribution in [1.29, 1.82) is 5.26 Å². The molecule has 0 unspecified atom stereocenters. The van der Waals surface area contributed by atoms with Crippen molar-refractivity contribution in [2.24, 2.45) is 5.41 Å². The molecule has 2 heterocycles. The predicted octanol–water partition coefficient (Wildman–Crippen LogP) is 3.70. The summed E-state index contributed by atoms with van der Waals surface area (Å²) in [5.74, 6) is -1.60. The molecule has 6 rings (SSSR count). The Bertz CT molecular complexity index is 1230. The number of hydrogen-bond donors (Lipinski definition) is 2. The van der Waals surface area contributed by atoms with Gasteiger partial charge in [0.05, 0.1) is 17.0 Å². The maximum Gasteiger partial charge on any atom is 0.292 e. The van der Waals surface area contributed by atoms with Crippen molar-refractivity contribution in [3.05, 3.63) is 51.3 Å². The van der Waals surface area contributed by atoms with Crippen LogP contribution in [0.25, 0.3) is 0 Å². The lowest BCUT2D eigenvalue weighted by atomic mass is 9.40. The van der Waals surface area contributed by atoms with E-state index in [4.69, 9.17) is 11.6 Å². The molecule has 164 valence electrons. The highest BCUT2D eigenvalue weighted by atomic mass is 35.5. The molecule has 2 bridgehead atoms. The van der Waals surface area contributed by atoms with Crippen molar-refractivity contribution >= 4 is 34.9 Å². The molecule has 1 aromatic heterocycles. The van der Waals surface area contributed by atoms with Crippen molar-refractivity contribution < 1.29 is 14.4 Å². The fraction of sp³-hybridized carbons (Fsp3) is 0.417. The summed E-state index contributed by atoms with van der Waals surface area (Å²) in [6.45, 7) is 4.22. The number of halogens is 1. The third-order valence-electron chi connectivity index (χ3n) is 7.13. The minimum Gasteiger partial charge on any atom is -0.344 e. The standard InChI is InChI=1S/C24H23ClN4O3/c1-13-5-6-15(8-16(13)25)27-21(31)19-14(2)18(17-4-3-7-29(17)19)20(30)22(32)28-24-9-23(10-24,11-24)12-26/h5-6,8H,3-4,7,9-11H2,1-2H3,(H,27,31)(H,28,32). The summed E-state index contributed by atoms with van der Waals surface area (Å²) in [5, 5.41) is 15.5. The topological polar surface area (TPSA) is 104 Å². The molecule has 1 aliphatic heterocycles. The Hall–Kier alpha value is -3.11. The number of nitriles is 1. The van der Waals surface area contributed by atoms with Crippen LogP contribution in [0.15, 0.2) is 18.2 Å². The SMILES string of the molecule is Cc1ccc(NC(=O)c2c(C)c(C(=O)C(=O)NC34CC(C#N)(C3)C4)c3n2CCC3)cc1Cl. The summed E-state index contributed by atoms with van der Waals surface area (Å²) in [7, 11) is 0. The van der Waals surface area contributed by atoms with Crippen LogP contribution >= 0.6 is 11.6 Å². The number of aryl methyl sites for hydroxylation is 1. The van der Waals surface area contributed by atoms with Gasteiger partial charge >= 0.3 is 0 Å². The third kappa shape index (κ3) is 2.97. The van der Waals surface area contributed by atoms with E-state index in [9.17, 15) is 19.6 Å². The monoisotopic (exact) mass is 450 g/mol. The Balaban J connectivity index is 1.40. The van der Waals surface area contributed by atoms with Crippen LogP contribution in [0.5, 0.6) is 0 Å². The molecule has 4 aliphatic rings. The summed E-state index contributed by atoms with van der Waals surface area (Å²) in [6.07, 6.45) is 3.27. The number of rotatable bonds is 5. The molecule has 0 saturated heterocycles. The van der Waals surface area contributed by atoms with E-state index in [-0.39, 0.29) is 11.3 Å². The smallest absolute Gasteiger partial charge is 0.292 e. The van der Waals surface area contributed by atoms with Gasteiger partial charge in [0.2, 0.25) is 0 Å². The average molecular weight is 451 g/mol. The Labute approximate surface area is 190 Å². The molecule has 1 aromatic carbocycles. The number of fused-ring (bicyclic) bond motifs is 1. The number of ketones is 1. The molecule has 0 radical (unpaired) electrons. The first-order chi connectivity index (χ1) is 15.2. The first kappa shape index (κ1) is 20.8. The third-order valence-corrected chi connectivity index (χ3v) is 7.54. The van der Waals surface area contributed by atoms with Gasteiger partial charge in [0.1, 0.15) is 5.69 Å². The number of aromatic nitrogens is 1. The zero-order valence-corrected chi connectivity index (χ0v) is 18.7. The van der Waals surface area contributed by atoms with Gasteiger partial charge in [-0.25, -0.2) is 0 Å². The molecule has 2 amide bonds. The summed E-state index contributed by atoms with van der Waals surface area (Å²) >= 11 is 6.18. The minimum atomic E-state index is -0.656. The van der Waals surface area contributed by atoms with Gasteiger partial charge in [-0.2, -0.15) is 5.26 Å². The molecular weight excluding hydrogens is 428 g/mol. The zero-order chi connectivity index (χ0) is 22.8. The Morgan fingerprint density at radius 3 is 2.56 bits per heavy atom. The Kier molecular flexibility index (Phi) is 4.51. The van der Waals surface area contributed by atoms with Crippen molar-refractivity contribution in [2.45, 2.75) is 58.0 Å². The van der Waals surface area contributed by atoms with E-state index in [1.54, 1.807) is 19.1 Å². The molecule has 32 heavy (non-hydrogen) atoms. The van der Waals surface area contributed by atoms with Gasteiger partial charge in [-0.15, -0.1) is 0 Å². The van der Waals surface area contributed by atoms with Crippen LogP contribution in [0, 0.1) is 30.6 Å². The van der Waals surface area contributed by atoms with Crippen molar-refractivity contribution in [3.63, 3.8) is 0 Å². The second-order valence-corrected chi connectivity index (χ2v) is 9.86. The molecule has 0 spiro atoms. The molecule has 3 fully saturated rings. The summed E-state index contributed by atoms with van der Waals surface area (Å²) in [5.41, 5.74) is 2.74. The number of nitrogens with one attached hydrogen (secondary N) is 2. The number of benzene rings is 1.